The molecule has 8 heteroatoms. The van der Waals surface area contributed by atoms with E-state index >= 15 is 0 Å². The molecule has 1 aromatic heterocycles. The minimum Gasteiger partial charge on any atom is -0.497 e. The number of piperidine rings is 3. The number of aliphatic hydroxyl groups excluding tert-OH is 1. The fourth-order valence-corrected chi connectivity index (χ4v) is 5.33. The molecule has 3 aliphatic rings. The first-order chi connectivity index (χ1) is 17.8. The Morgan fingerprint density at radius 1 is 1.22 bits per heavy atom. The molecule has 6 rings (SSSR count). The van der Waals surface area contributed by atoms with Crippen LogP contribution < -0.4 is 9.47 Å². The van der Waals surface area contributed by atoms with Crippen molar-refractivity contribution in [3.05, 3.63) is 78.5 Å². The van der Waals surface area contributed by atoms with E-state index in [-0.39, 0.29) is 17.4 Å². The number of aliphatic hydroxyl groups is 1. The third-order valence-electron chi connectivity index (χ3n) is 7.19. The molecule has 4 heterocycles. The Morgan fingerprint density at radius 3 is 2.65 bits per heavy atom. The quantitative estimate of drug-likeness (QED) is 0.287. The van der Waals surface area contributed by atoms with Crippen LogP contribution in [0.5, 0.6) is 11.5 Å². The number of nitrogens with zero attached hydrogens (tertiary/aromatic N) is 2. The number of hydrogen-bond acceptors (Lipinski definition) is 7. The Balaban J connectivity index is 0.000000209. The van der Waals surface area contributed by atoms with E-state index in [1.807, 2.05) is 24.3 Å². The molecule has 3 aliphatic heterocycles. The van der Waals surface area contributed by atoms with Gasteiger partial charge in [0.25, 0.3) is 0 Å². The van der Waals surface area contributed by atoms with Gasteiger partial charge in [0.15, 0.2) is 0 Å². The highest BCUT2D eigenvalue weighted by molar-refractivity contribution is 5.91. The molecule has 2 bridgehead atoms. The van der Waals surface area contributed by atoms with Crippen LogP contribution in [-0.2, 0) is 4.79 Å². The minimum atomic E-state index is -1.11. The second kappa shape index (κ2) is 11.5. The van der Waals surface area contributed by atoms with Crippen molar-refractivity contribution in [1.29, 1.82) is 0 Å². The number of carboxylic acid groups (broad SMARTS) is 1. The van der Waals surface area contributed by atoms with E-state index in [0.717, 1.165) is 41.7 Å². The third-order valence-corrected chi connectivity index (χ3v) is 7.19. The fraction of sp³-hybridized carbons (Fsp3) is 0.345. The van der Waals surface area contributed by atoms with Gasteiger partial charge in [0.05, 0.1) is 18.7 Å². The maximum Gasteiger partial charge on any atom is 0.339 e. The molecule has 1 unspecified atom stereocenters. The summed E-state index contributed by atoms with van der Waals surface area (Å²) in [6, 6.07) is 13.9. The molecule has 3 fully saturated rings. The number of fused-ring (bicyclic) bond motifs is 4. The highest BCUT2D eigenvalue weighted by Crippen LogP contribution is 2.42. The van der Waals surface area contributed by atoms with Crippen LogP contribution in [0, 0.1) is 11.8 Å². The van der Waals surface area contributed by atoms with Crippen molar-refractivity contribution in [2.24, 2.45) is 11.8 Å². The summed E-state index contributed by atoms with van der Waals surface area (Å²) < 4.78 is 10.0. The lowest BCUT2D eigenvalue weighted by Gasteiger charge is -2.50. The number of aromatic carboxylic acids is 1. The molecular weight excluding hydrogens is 472 g/mol. The topological polar surface area (TPSA) is 109 Å². The number of esters is 1. The molecule has 37 heavy (non-hydrogen) atoms. The number of carbonyl (C=O) groups is 2. The van der Waals surface area contributed by atoms with Crippen molar-refractivity contribution in [2.75, 3.05) is 20.2 Å². The molecule has 3 aromatic rings. The lowest BCUT2D eigenvalue weighted by atomic mass is 9.73. The largest absolute Gasteiger partial charge is 0.497 e. The van der Waals surface area contributed by atoms with Gasteiger partial charge in [-0.05, 0) is 73.2 Å². The van der Waals surface area contributed by atoms with Gasteiger partial charge in [0.1, 0.15) is 17.1 Å². The van der Waals surface area contributed by atoms with E-state index in [1.165, 1.54) is 25.5 Å². The van der Waals surface area contributed by atoms with Gasteiger partial charge in [-0.3, -0.25) is 14.7 Å². The predicted octanol–water partition coefficient (Wildman–Crippen LogP) is 4.48. The highest BCUT2D eigenvalue weighted by atomic mass is 16.5. The Labute approximate surface area is 216 Å². The van der Waals surface area contributed by atoms with Crippen LogP contribution in [0.2, 0.25) is 0 Å². The standard InChI is InChI=1S/C20H24N2O2.C9H8O4/c1-3-13-12-22-9-7-14(13)10-19(22)20(23)16-6-8-21-18-5-4-15(24-2)11-17(16)18;1-6(10)13-8-5-3-2-4-7(8)9(11)12/h3-6,8,11,13-14,19-20,23H,1,7,9-10,12H2,2H3;2-5H,1H3,(H,11,12)/t13-,14+,19+,20-;/m1./s1. The van der Waals surface area contributed by atoms with Crippen molar-refractivity contribution in [2.45, 2.75) is 31.9 Å². The molecule has 2 aromatic carbocycles. The van der Waals surface area contributed by atoms with Gasteiger partial charge in [-0.15, -0.1) is 6.58 Å². The van der Waals surface area contributed by atoms with Crippen molar-refractivity contribution in [3.8, 4) is 11.5 Å². The average Bonchev–Trinajstić information content (AvgIpc) is 2.92. The highest BCUT2D eigenvalue weighted by Gasteiger charge is 2.42. The number of rotatable bonds is 6. The zero-order valence-electron chi connectivity index (χ0n) is 21.0. The fourth-order valence-electron chi connectivity index (χ4n) is 5.33. The monoisotopic (exact) mass is 504 g/mol. The predicted molar refractivity (Wildman–Crippen MR) is 140 cm³/mol. The van der Waals surface area contributed by atoms with Crippen molar-refractivity contribution in [3.63, 3.8) is 0 Å². The molecule has 3 saturated heterocycles. The lowest BCUT2D eigenvalue weighted by Crippen LogP contribution is -2.54. The number of pyridine rings is 1. The zero-order chi connectivity index (χ0) is 26.5. The summed E-state index contributed by atoms with van der Waals surface area (Å²) in [5.41, 5.74) is 1.83. The molecule has 8 nitrogen and oxygen atoms in total. The molecule has 0 radical (unpaired) electrons. The molecule has 5 atom stereocenters. The van der Waals surface area contributed by atoms with Crippen LogP contribution in [0.15, 0.2) is 67.4 Å². The van der Waals surface area contributed by atoms with Gasteiger partial charge in [-0.2, -0.15) is 0 Å². The maximum absolute atomic E-state index is 11.2. The number of benzene rings is 2. The number of carbonyl (C=O) groups excluding carboxylic acids is 1. The van der Waals surface area contributed by atoms with Crippen molar-refractivity contribution in [1.82, 2.24) is 9.88 Å². The van der Waals surface area contributed by atoms with Crippen LogP contribution in [0.25, 0.3) is 10.9 Å². The Kier molecular flexibility index (Phi) is 8.21. The lowest BCUT2D eigenvalue weighted by molar-refractivity contribution is -0.131. The van der Waals surface area contributed by atoms with Crippen molar-refractivity contribution >= 4 is 22.8 Å². The van der Waals surface area contributed by atoms with Gasteiger partial charge in [0, 0.05) is 31.1 Å². The molecular formula is C29H32N2O6. The van der Waals surface area contributed by atoms with Crippen LogP contribution in [-0.4, -0.2) is 58.3 Å². The van der Waals surface area contributed by atoms with Crippen LogP contribution >= 0.6 is 0 Å². The van der Waals surface area contributed by atoms with Crippen LogP contribution in [0.1, 0.15) is 41.8 Å². The molecule has 2 N–H and O–H groups in total. The first-order valence-electron chi connectivity index (χ1n) is 12.3. The van der Waals surface area contributed by atoms with Gasteiger partial charge in [0.2, 0.25) is 0 Å². The number of hydrogen-bond donors (Lipinski definition) is 2. The van der Waals surface area contributed by atoms with Gasteiger partial charge >= 0.3 is 11.9 Å². The molecule has 0 aliphatic carbocycles. The summed E-state index contributed by atoms with van der Waals surface area (Å²) in [7, 11) is 1.66. The van der Waals surface area contributed by atoms with Crippen LogP contribution in [0.4, 0.5) is 0 Å². The maximum atomic E-state index is 11.2. The first-order valence-corrected chi connectivity index (χ1v) is 12.3. The zero-order valence-corrected chi connectivity index (χ0v) is 21.0. The Morgan fingerprint density at radius 2 is 2.00 bits per heavy atom. The number of para-hydroxylation sites is 1. The van der Waals surface area contributed by atoms with Gasteiger partial charge in [-0.1, -0.05) is 18.2 Å². The summed E-state index contributed by atoms with van der Waals surface area (Å²) in [4.78, 5) is 28.0. The number of ether oxygens (including phenoxy) is 2. The summed E-state index contributed by atoms with van der Waals surface area (Å²) in [6.07, 6.45) is 5.62. The van der Waals surface area contributed by atoms with E-state index in [0.29, 0.717) is 11.8 Å². The minimum absolute atomic E-state index is 0.0160. The normalized spacial score (nSPS) is 22.9. The molecule has 0 saturated carbocycles. The van der Waals surface area contributed by atoms with Crippen LogP contribution in [0.3, 0.4) is 0 Å². The van der Waals surface area contributed by atoms with E-state index in [2.05, 4.69) is 27.3 Å². The van der Waals surface area contributed by atoms with Gasteiger partial charge < -0.3 is 19.7 Å². The average molecular weight is 505 g/mol. The second-order valence-corrected chi connectivity index (χ2v) is 9.37. The molecule has 0 spiro atoms. The first kappa shape index (κ1) is 26.3. The van der Waals surface area contributed by atoms with Crippen molar-refractivity contribution < 1.29 is 29.3 Å². The number of aromatic nitrogens is 1. The third kappa shape index (κ3) is 5.81. The Bertz CT molecular complexity index is 1290. The Hall–Kier alpha value is -3.75. The van der Waals surface area contributed by atoms with E-state index in [9.17, 15) is 14.7 Å². The summed E-state index contributed by atoms with van der Waals surface area (Å²) in [6.45, 7) is 7.29. The summed E-state index contributed by atoms with van der Waals surface area (Å²) in [5, 5.41) is 20.8. The van der Waals surface area contributed by atoms with E-state index < -0.39 is 18.0 Å². The van der Waals surface area contributed by atoms with Gasteiger partial charge in [-0.25, -0.2) is 4.79 Å². The number of methoxy groups -OCH3 is 1. The van der Waals surface area contributed by atoms with E-state index in [4.69, 9.17) is 9.84 Å². The SMILES string of the molecule is C=C[C@@H]1CN2CC[C@H]1C[C@H]2[C@H](O)c1ccnc2ccc(OC)cc12.CC(=O)Oc1ccccc1C(=O)O. The number of carboxylic acids is 1. The molecule has 0 amide bonds. The smallest absolute Gasteiger partial charge is 0.339 e. The summed E-state index contributed by atoms with van der Waals surface area (Å²) >= 11 is 0. The summed E-state index contributed by atoms with van der Waals surface area (Å²) in [5.74, 6) is 0.431. The molecule has 194 valence electrons. The second-order valence-electron chi connectivity index (χ2n) is 9.37. The van der Waals surface area contributed by atoms with E-state index in [1.54, 1.807) is 25.4 Å².